The Morgan fingerprint density at radius 1 is 1.18 bits per heavy atom. The highest BCUT2D eigenvalue weighted by molar-refractivity contribution is 5.23. The molecule has 0 amide bonds. The van der Waals surface area contributed by atoms with Crippen molar-refractivity contribution in [2.45, 2.75) is 33.1 Å². The predicted octanol–water partition coefficient (Wildman–Crippen LogP) is 3.51. The van der Waals surface area contributed by atoms with Crippen molar-refractivity contribution in [2.24, 2.45) is 0 Å². The molecule has 0 unspecified atom stereocenters. The van der Waals surface area contributed by atoms with Crippen LogP contribution in [0.4, 0.5) is 0 Å². The van der Waals surface area contributed by atoms with Gasteiger partial charge in [-0.2, -0.15) is 0 Å². The molecule has 1 atom stereocenters. The van der Waals surface area contributed by atoms with Crippen LogP contribution in [0.1, 0.15) is 37.3 Å². The molecular weight excluding hydrogens is 132 g/mol. The Hall–Kier alpha value is -0.780. The fourth-order valence-corrected chi connectivity index (χ4v) is 1.13. The molecule has 0 N–H and O–H groups in total. The van der Waals surface area contributed by atoms with E-state index < -0.39 is 0 Å². The minimum Gasteiger partial charge on any atom is -0.0648 e. The molecule has 60 valence electrons. The van der Waals surface area contributed by atoms with E-state index in [9.17, 15) is 0 Å². The molecular formula is C11H16. The Morgan fingerprint density at radius 3 is 2.18 bits per heavy atom. The first-order chi connectivity index (χ1) is 5.24. The highest BCUT2D eigenvalue weighted by atomic mass is 14.0. The van der Waals surface area contributed by atoms with Gasteiger partial charge in [-0.1, -0.05) is 43.7 Å². The third kappa shape index (κ3) is 2.07. The fraction of sp³-hybridized carbons (Fsp3) is 0.455. The summed E-state index contributed by atoms with van der Waals surface area (Å²) in [6.07, 6.45) is 1.23. The summed E-state index contributed by atoms with van der Waals surface area (Å²) in [5.74, 6) is 0.704. The zero-order valence-corrected chi connectivity index (χ0v) is 7.59. The lowest BCUT2D eigenvalue weighted by molar-refractivity contribution is 0.733. The molecule has 0 fully saturated rings. The first kappa shape index (κ1) is 8.32. The first-order valence-corrected chi connectivity index (χ1v) is 4.30. The van der Waals surface area contributed by atoms with E-state index in [-0.39, 0.29) is 0 Å². The van der Waals surface area contributed by atoms with E-state index in [1.54, 1.807) is 0 Å². The van der Waals surface area contributed by atoms with Gasteiger partial charge in [-0.15, -0.1) is 0 Å². The lowest BCUT2D eigenvalue weighted by atomic mass is 9.98. The Bertz CT molecular complexity index is 208. The molecule has 0 nitrogen and oxygen atoms in total. The summed E-state index contributed by atoms with van der Waals surface area (Å²) in [5.41, 5.74) is 2.80. The van der Waals surface area contributed by atoms with Crippen LogP contribution in [0.5, 0.6) is 0 Å². The molecule has 0 aromatic heterocycles. The van der Waals surface area contributed by atoms with Crippen molar-refractivity contribution in [3.8, 4) is 0 Å². The maximum Gasteiger partial charge on any atom is -0.0193 e. The molecule has 0 aliphatic heterocycles. The summed E-state index contributed by atoms with van der Waals surface area (Å²) >= 11 is 0. The monoisotopic (exact) mass is 148 g/mol. The van der Waals surface area contributed by atoms with Gasteiger partial charge in [0.1, 0.15) is 0 Å². The predicted molar refractivity (Wildman–Crippen MR) is 49.9 cm³/mol. The maximum atomic E-state index is 2.27. The Labute approximate surface area is 69.3 Å². The normalized spacial score (nSPS) is 13.0. The minimum atomic E-state index is 0.704. The summed E-state index contributed by atoms with van der Waals surface area (Å²) in [4.78, 5) is 0. The van der Waals surface area contributed by atoms with Crippen LogP contribution in [0.2, 0.25) is 0 Å². The van der Waals surface area contributed by atoms with Gasteiger partial charge in [0.05, 0.1) is 0 Å². The van der Waals surface area contributed by atoms with Gasteiger partial charge in [-0.3, -0.25) is 0 Å². The number of rotatable bonds is 2. The quantitative estimate of drug-likeness (QED) is 0.602. The van der Waals surface area contributed by atoms with Crippen LogP contribution < -0.4 is 0 Å². The summed E-state index contributed by atoms with van der Waals surface area (Å²) in [7, 11) is 0. The van der Waals surface area contributed by atoms with Crippen LogP contribution >= 0.6 is 0 Å². The van der Waals surface area contributed by atoms with Crippen LogP contribution in [0.3, 0.4) is 0 Å². The summed E-state index contributed by atoms with van der Waals surface area (Å²) in [6, 6.07) is 8.82. The molecule has 11 heavy (non-hydrogen) atoms. The molecule has 0 heteroatoms. The molecule has 0 radical (unpaired) electrons. The van der Waals surface area contributed by atoms with Gasteiger partial charge in [0.25, 0.3) is 0 Å². The third-order valence-electron chi connectivity index (χ3n) is 2.26. The molecule has 1 aromatic carbocycles. The Kier molecular flexibility index (Phi) is 2.70. The van der Waals surface area contributed by atoms with Gasteiger partial charge in [0.2, 0.25) is 0 Å². The van der Waals surface area contributed by atoms with Crippen molar-refractivity contribution in [3.63, 3.8) is 0 Å². The second kappa shape index (κ2) is 3.56. The first-order valence-electron chi connectivity index (χ1n) is 4.30. The molecule has 0 aliphatic carbocycles. The summed E-state index contributed by atoms with van der Waals surface area (Å²) < 4.78 is 0. The molecule has 0 saturated carbocycles. The molecule has 0 saturated heterocycles. The molecule has 0 spiro atoms. The molecule has 0 aliphatic rings. The van der Waals surface area contributed by atoms with E-state index in [0.717, 1.165) is 0 Å². The van der Waals surface area contributed by atoms with Gasteiger partial charge in [-0.05, 0) is 24.8 Å². The highest BCUT2D eigenvalue weighted by Gasteiger charge is 2.00. The fourth-order valence-electron chi connectivity index (χ4n) is 1.13. The van der Waals surface area contributed by atoms with Crippen molar-refractivity contribution >= 4 is 0 Å². The lowest BCUT2D eigenvalue weighted by Gasteiger charge is -2.07. The van der Waals surface area contributed by atoms with Crippen LogP contribution in [0, 0.1) is 6.92 Å². The van der Waals surface area contributed by atoms with Gasteiger partial charge in [-0.25, -0.2) is 0 Å². The minimum absolute atomic E-state index is 0.704. The van der Waals surface area contributed by atoms with Crippen LogP contribution in [-0.4, -0.2) is 0 Å². The highest BCUT2D eigenvalue weighted by Crippen LogP contribution is 2.18. The van der Waals surface area contributed by atoms with E-state index in [0.29, 0.717) is 5.92 Å². The lowest BCUT2D eigenvalue weighted by Crippen LogP contribution is -1.89. The van der Waals surface area contributed by atoms with E-state index in [4.69, 9.17) is 0 Å². The van der Waals surface area contributed by atoms with Crippen molar-refractivity contribution in [3.05, 3.63) is 35.4 Å². The smallest absolute Gasteiger partial charge is 0.0193 e. The van der Waals surface area contributed by atoms with Gasteiger partial charge >= 0.3 is 0 Å². The van der Waals surface area contributed by atoms with E-state index in [2.05, 4.69) is 45.0 Å². The van der Waals surface area contributed by atoms with Crippen molar-refractivity contribution < 1.29 is 0 Å². The van der Waals surface area contributed by atoms with E-state index in [1.807, 2.05) is 0 Å². The van der Waals surface area contributed by atoms with Crippen molar-refractivity contribution in [1.29, 1.82) is 0 Å². The molecule has 1 rings (SSSR count). The zero-order chi connectivity index (χ0) is 8.27. The Balaban J connectivity index is 2.81. The zero-order valence-electron chi connectivity index (χ0n) is 7.59. The number of hydrogen-bond acceptors (Lipinski definition) is 0. The Morgan fingerprint density at radius 2 is 1.73 bits per heavy atom. The molecule has 1 aromatic rings. The van der Waals surface area contributed by atoms with Crippen LogP contribution in [0.15, 0.2) is 24.3 Å². The largest absolute Gasteiger partial charge is 0.0648 e. The topological polar surface area (TPSA) is 0 Å². The third-order valence-corrected chi connectivity index (χ3v) is 2.26. The molecule has 0 heterocycles. The summed E-state index contributed by atoms with van der Waals surface area (Å²) in [6.45, 7) is 6.62. The number of hydrogen-bond donors (Lipinski definition) is 0. The number of benzene rings is 1. The second-order valence-corrected chi connectivity index (χ2v) is 3.22. The van der Waals surface area contributed by atoms with E-state index >= 15 is 0 Å². The van der Waals surface area contributed by atoms with Crippen molar-refractivity contribution in [1.82, 2.24) is 0 Å². The van der Waals surface area contributed by atoms with Gasteiger partial charge < -0.3 is 0 Å². The average molecular weight is 148 g/mol. The SMILES string of the molecule is CC[C@H](C)c1ccc(C)cc1. The van der Waals surface area contributed by atoms with Crippen molar-refractivity contribution in [2.75, 3.05) is 0 Å². The second-order valence-electron chi connectivity index (χ2n) is 3.22. The maximum absolute atomic E-state index is 2.27. The summed E-state index contributed by atoms with van der Waals surface area (Å²) in [5, 5.41) is 0. The van der Waals surface area contributed by atoms with Crippen LogP contribution in [0.25, 0.3) is 0 Å². The van der Waals surface area contributed by atoms with Crippen LogP contribution in [-0.2, 0) is 0 Å². The number of aryl methyl sites for hydroxylation is 1. The van der Waals surface area contributed by atoms with E-state index in [1.165, 1.54) is 17.5 Å². The standard InChI is InChI=1S/C11H16/c1-4-10(3)11-7-5-9(2)6-8-11/h5-8,10H,4H2,1-3H3/t10-/m0/s1. The van der Waals surface area contributed by atoms with Gasteiger partial charge in [0, 0.05) is 0 Å². The average Bonchev–Trinajstić information content (AvgIpc) is 2.05. The van der Waals surface area contributed by atoms with Gasteiger partial charge in [0.15, 0.2) is 0 Å². The molecule has 0 bridgehead atoms.